The molecular formula is C13H13N3O. The number of phenols is 1. The van der Waals surface area contributed by atoms with Crippen LogP contribution in [0.1, 0.15) is 11.3 Å². The van der Waals surface area contributed by atoms with Crippen LogP contribution in [0.3, 0.4) is 0 Å². The molecule has 0 bridgehead atoms. The Labute approximate surface area is 99.4 Å². The molecule has 4 heteroatoms. The van der Waals surface area contributed by atoms with Gasteiger partial charge in [-0.3, -0.25) is 0 Å². The van der Waals surface area contributed by atoms with E-state index < -0.39 is 0 Å². The van der Waals surface area contributed by atoms with Gasteiger partial charge >= 0.3 is 0 Å². The maximum absolute atomic E-state index is 9.24. The van der Waals surface area contributed by atoms with Gasteiger partial charge in [-0.2, -0.15) is 0 Å². The van der Waals surface area contributed by atoms with E-state index in [1.165, 1.54) is 5.56 Å². The molecule has 1 aromatic carbocycles. The van der Waals surface area contributed by atoms with E-state index in [1.54, 1.807) is 12.1 Å². The molecule has 1 aliphatic heterocycles. The van der Waals surface area contributed by atoms with Gasteiger partial charge in [0.25, 0.3) is 0 Å². The average molecular weight is 227 g/mol. The molecule has 3 rings (SSSR count). The molecular weight excluding hydrogens is 214 g/mol. The maximum atomic E-state index is 9.24. The molecule has 0 saturated heterocycles. The Bertz CT molecular complexity index is 537. The molecule has 17 heavy (non-hydrogen) atoms. The maximum Gasteiger partial charge on any atom is 0.159 e. The van der Waals surface area contributed by atoms with Crippen LogP contribution in [0.15, 0.2) is 30.5 Å². The van der Waals surface area contributed by atoms with Crippen molar-refractivity contribution >= 4 is 0 Å². The lowest BCUT2D eigenvalue weighted by Crippen LogP contribution is -2.25. The highest BCUT2D eigenvalue weighted by molar-refractivity contribution is 5.56. The average Bonchev–Trinajstić information content (AvgIpc) is 2.39. The van der Waals surface area contributed by atoms with Gasteiger partial charge < -0.3 is 10.4 Å². The number of hydrogen-bond acceptors (Lipinski definition) is 4. The summed E-state index contributed by atoms with van der Waals surface area (Å²) < 4.78 is 0. The lowest BCUT2D eigenvalue weighted by Gasteiger charge is -2.16. The number of fused-ring (bicyclic) bond motifs is 1. The van der Waals surface area contributed by atoms with E-state index in [0.717, 1.165) is 30.8 Å². The van der Waals surface area contributed by atoms with Crippen molar-refractivity contribution in [2.75, 3.05) is 6.54 Å². The Morgan fingerprint density at radius 1 is 1.18 bits per heavy atom. The zero-order chi connectivity index (χ0) is 11.7. The zero-order valence-electron chi connectivity index (χ0n) is 9.35. The fraction of sp³-hybridized carbons (Fsp3) is 0.231. The van der Waals surface area contributed by atoms with Crippen LogP contribution in [-0.2, 0) is 13.0 Å². The summed E-state index contributed by atoms with van der Waals surface area (Å²) in [4.78, 5) is 8.93. The summed E-state index contributed by atoms with van der Waals surface area (Å²) in [6.45, 7) is 1.80. The fourth-order valence-corrected chi connectivity index (χ4v) is 1.98. The molecule has 0 fully saturated rings. The van der Waals surface area contributed by atoms with Gasteiger partial charge in [-0.15, -0.1) is 0 Å². The summed E-state index contributed by atoms with van der Waals surface area (Å²) in [5.74, 6) is 0.973. The summed E-state index contributed by atoms with van der Waals surface area (Å²) in [5.41, 5.74) is 3.23. The van der Waals surface area contributed by atoms with Crippen molar-refractivity contribution < 1.29 is 5.11 Å². The normalized spacial score (nSPS) is 14.4. The minimum absolute atomic E-state index is 0.258. The van der Waals surface area contributed by atoms with Crippen molar-refractivity contribution in [1.29, 1.82) is 0 Å². The van der Waals surface area contributed by atoms with Crippen LogP contribution in [0, 0.1) is 0 Å². The molecule has 0 amide bonds. The molecule has 0 spiro atoms. The Kier molecular flexibility index (Phi) is 2.49. The summed E-state index contributed by atoms with van der Waals surface area (Å²) in [6, 6.07) is 6.95. The molecule has 0 unspecified atom stereocenters. The third-order valence-corrected chi connectivity index (χ3v) is 2.94. The predicted molar refractivity (Wildman–Crippen MR) is 64.5 cm³/mol. The zero-order valence-corrected chi connectivity index (χ0v) is 9.35. The third-order valence-electron chi connectivity index (χ3n) is 2.94. The molecule has 86 valence electrons. The Balaban J connectivity index is 2.01. The van der Waals surface area contributed by atoms with Gasteiger partial charge in [-0.25, -0.2) is 9.97 Å². The number of aromatic hydroxyl groups is 1. The van der Waals surface area contributed by atoms with Gasteiger partial charge in [-0.1, -0.05) is 0 Å². The van der Waals surface area contributed by atoms with Gasteiger partial charge in [0, 0.05) is 18.3 Å². The molecule has 0 radical (unpaired) electrons. The predicted octanol–water partition coefficient (Wildman–Crippen LogP) is 1.49. The summed E-state index contributed by atoms with van der Waals surface area (Å²) in [6.07, 6.45) is 2.90. The highest BCUT2D eigenvalue weighted by atomic mass is 16.3. The quantitative estimate of drug-likeness (QED) is 0.775. The molecule has 1 aromatic heterocycles. The molecule has 1 aliphatic rings. The molecule has 2 aromatic rings. The van der Waals surface area contributed by atoms with Crippen molar-refractivity contribution in [2.45, 2.75) is 13.0 Å². The van der Waals surface area contributed by atoms with Crippen molar-refractivity contribution in [2.24, 2.45) is 0 Å². The van der Waals surface area contributed by atoms with E-state index in [1.807, 2.05) is 18.3 Å². The first-order chi connectivity index (χ1) is 8.33. The third kappa shape index (κ3) is 1.99. The van der Waals surface area contributed by atoms with Crippen LogP contribution in [0.25, 0.3) is 11.4 Å². The number of rotatable bonds is 1. The van der Waals surface area contributed by atoms with Gasteiger partial charge in [0.1, 0.15) is 5.75 Å². The highest BCUT2D eigenvalue weighted by Crippen LogP contribution is 2.20. The fourth-order valence-electron chi connectivity index (χ4n) is 1.98. The van der Waals surface area contributed by atoms with Crippen LogP contribution in [0.5, 0.6) is 5.75 Å². The minimum atomic E-state index is 0.258. The van der Waals surface area contributed by atoms with E-state index in [-0.39, 0.29) is 5.75 Å². The number of hydrogen-bond donors (Lipinski definition) is 2. The van der Waals surface area contributed by atoms with Gasteiger partial charge in [0.2, 0.25) is 0 Å². The lowest BCUT2D eigenvalue weighted by atomic mass is 10.1. The van der Waals surface area contributed by atoms with Crippen LogP contribution in [-0.4, -0.2) is 21.6 Å². The van der Waals surface area contributed by atoms with E-state index in [4.69, 9.17) is 0 Å². The Morgan fingerprint density at radius 2 is 2.00 bits per heavy atom. The first-order valence-corrected chi connectivity index (χ1v) is 5.68. The molecule has 0 aliphatic carbocycles. The highest BCUT2D eigenvalue weighted by Gasteiger charge is 2.12. The second-order valence-electron chi connectivity index (χ2n) is 4.14. The smallest absolute Gasteiger partial charge is 0.159 e. The van der Waals surface area contributed by atoms with Crippen LogP contribution in [0.4, 0.5) is 0 Å². The van der Waals surface area contributed by atoms with Gasteiger partial charge in [0.15, 0.2) is 5.82 Å². The van der Waals surface area contributed by atoms with Crippen molar-refractivity contribution in [3.63, 3.8) is 0 Å². The number of nitrogens with one attached hydrogen (secondary N) is 1. The van der Waals surface area contributed by atoms with Gasteiger partial charge in [-0.05, 0) is 42.8 Å². The standard InChI is InChI=1S/C13H13N3O/c17-11-3-1-9(2-4-11)13-15-7-10-5-6-14-8-12(10)16-13/h1-4,7,14,17H,5-6,8H2. The topological polar surface area (TPSA) is 58.0 Å². The van der Waals surface area contributed by atoms with E-state index in [9.17, 15) is 5.11 Å². The SMILES string of the molecule is Oc1ccc(-c2ncc3c(n2)CNCC3)cc1. The Hall–Kier alpha value is -1.94. The second-order valence-corrected chi connectivity index (χ2v) is 4.14. The molecule has 0 atom stereocenters. The molecule has 2 heterocycles. The molecule has 2 N–H and O–H groups in total. The van der Waals surface area contributed by atoms with E-state index in [2.05, 4.69) is 15.3 Å². The molecule has 0 saturated carbocycles. The first kappa shape index (κ1) is 10.2. The first-order valence-electron chi connectivity index (χ1n) is 5.68. The lowest BCUT2D eigenvalue weighted by molar-refractivity contribution is 0.475. The minimum Gasteiger partial charge on any atom is -0.508 e. The van der Waals surface area contributed by atoms with Gasteiger partial charge in [0.05, 0.1) is 5.69 Å². The number of nitrogens with zero attached hydrogens (tertiary/aromatic N) is 2. The van der Waals surface area contributed by atoms with Crippen LogP contribution >= 0.6 is 0 Å². The van der Waals surface area contributed by atoms with Crippen LogP contribution in [0.2, 0.25) is 0 Å². The van der Waals surface area contributed by atoms with Crippen LogP contribution < -0.4 is 5.32 Å². The summed E-state index contributed by atoms with van der Waals surface area (Å²) >= 11 is 0. The monoisotopic (exact) mass is 227 g/mol. The largest absolute Gasteiger partial charge is 0.508 e. The van der Waals surface area contributed by atoms with Crippen molar-refractivity contribution in [3.05, 3.63) is 41.7 Å². The van der Waals surface area contributed by atoms with E-state index in [0.29, 0.717) is 5.82 Å². The number of benzene rings is 1. The number of phenolic OH excluding ortho intramolecular Hbond substituents is 1. The second kappa shape index (κ2) is 4.14. The molecule has 4 nitrogen and oxygen atoms in total. The van der Waals surface area contributed by atoms with E-state index >= 15 is 0 Å². The van der Waals surface area contributed by atoms with Crippen molar-refractivity contribution in [3.8, 4) is 17.1 Å². The summed E-state index contributed by atoms with van der Waals surface area (Å²) in [7, 11) is 0. The number of aromatic nitrogens is 2. The Morgan fingerprint density at radius 3 is 2.82 bits per heavy atom. The van der Waals surface area contributed by atoms with Crippen molar-refractivity contribution in [1.82, 2.24) is 15.3 Å². The summed E-state index contributed by atoms with van der Waals surface area (Å²) in [5, 5.41) is 12.5.